The molecular formula is C16H18ClN3O2. The van der Waals surface area contributed by atoms with E-state index in [9.17, 15) is 9.90 Å². The fraction of sp³-hybridized carbons (Fsp3) is 0.375. The van der Waals surface area contributed by atoms with Crippen LogP contribution >= 0.6 is 11.6 Å². The molecule has 0 amide bonds. The summed E-state index contributed by atoms with van der Waals surface area (Å²) >= 11 is 5.86. The number of benzene rings is 1. The van der Waals surface area contributed by atoms with E-state index in [1.54, 1.807) is 25.2 Å². The zero-order valence-electron chi connectivity index (χ0n) is 12.4. The molecule has 0 fully saturated rings. The molecule has 0 bridgehead atoms. The van der Waals surface area contributed by atoms with Gasteiger partial charge in [0, 0.05) is 44.2 Å². The largest absolute Gasteiger partial charge is 0.387 e. The van der Waals surface area contributed by atoms with Crippen LogP contribution in [0.4, 0.5) is 0 Å². The van der Waals surface area contributed by atoms with E-state index in [-0.39, 0.29) is 5.56 Å². The van der Waals surface area contributed by atoms with Crippen molar-refractivity contribution in [2.45, 2.75) is 19.1 Å². The maximum Gasteiger partial charge on any atom is 0.266 e. The number of rotatable bonds is 3. The number of β-amino-alcohol motifs (C(OH)–C–C–N with tert-alkyl or cyclic N) is 1. The number of halogens is 1. The minimum Gasteiger partial charge on any atom is -0.387 e. The average Bonchev–Trinajstić information content (AvgIpc) is 2.49. The van der Waals surface area contributed by atoms with Gasteiger partial charge >= 0.3 is 0 Å². The third-order valence-corrected chi connectivity index (χ3v) is 4.25. The highest BCUT2D eigenvalue weighted by Crippen LogP contribution is 2.21. The highest BCUT2D eigenvalue weighted by atomic mass is 35.5. The van der Waals surface area contributed by atoms with Crippen molar-refractivity contribution in [3.63, 3.8) is 0 Å². The Labute approximate surface area is 133 Å². The van der Waals surface area contributed by atoms with Crippen LogP contribution in [0.15, 0.2) is 35.1 Å². The molecule has 2 aromatic rings. The van der Waals surface area contributed by atoms with Gasteiger partial charge in [0.25, 0.3) is 5.56 Å². The normalized spacial score (nSPS) is 16.3. The van der Waals surface area contributed by atoms with Gasteiger partial charge in [-0.2, -0.15) is 5.10 Å². The van der Waals surface area contributed by atoms with E-state index >= 15 is 0 Å². The minimum atomic E-state index is -0.571. The third kappa shape index (κ3) is 3.21. The van der Waals surface area contributed by atoms with Gasteiger partial charge in [-0.05, 0) is 23.3 Å². The number of nitrogens with zero attached hydrogens (tertiary/aromatic N) is 3. The lowest BCUT2D eigenvalue weighted by Gasteiger charge is -2.29. The first-order valence-corrected chi connectivity index (χ1v) is 7.63. The van der Waals surface area contributed by atoms with Crippen molar-refractivity contribution < 1.29 is 5.11 Å². The summed E-state index contributed by atoms with van der Waals surface area (Å²) in [4.78, 5) is 13.8. The smallest absolute Gasteiger partial charge is 0.266 e. The fourth-order valence-corrected chi connectivity index (χ4v) is 2.87. The Morgan fingerprint density at radius 1 is 1.36 bits per heavy atom. The van der Waals surface area contributed by atoms with Crippen molar-refractivity contribution in [1.29, 1.82) is 0 Å². The number of hydrogen-bond acceptors (Lipinski definition) is 4. The first-order valence-electron chi connectivity index (χ1n) is 7.25. The van der Waals surface area contributed by atoms with Crippen LogP contribution in [0.25, 0.3) is 0 Å². The first-order chi connectivity index (χ1) is 10.5. The molecule has 2 heterocycles. The predicted octanol–water partition coefficient (Wildman–Crippen LogP) is 1.53. The van der Waals surface area contributed by atoms with Crippen LogP contribution in [-0.4, -0.2) is 32.9 Å². The van der Waals surface area contributed by atoms with E-state index in [2.05, 4.69) is 10.00 Å². The molecule has 1 aromatic carbocycles. The molecule has 0 saturated heterocycles. The third-order valence-electron chi connectivity index (χ3n) is 4.00. The standard InChI is InChI=1S/C16H18ClN3O2/c1-19-16(22)8-12-9-20(7-6-14(12)18-19)10-15(21)11-2-4-13(17)5-3-11/h2-5,8,15,21H,6-7,9-10H2,1H3. The molecule has 1 aliphatic rings. The summed E-state index contributed by atoms with van der Waals surface area (Å²) in [6.45, 7) is 1.99. The van der Waals surface area contributed by atoms with Gasteiger partial charge in [-0.3, -0.25) is 9.69 Å². The van der Waals surface area contributed by atoms with Crippen LogP contribution < -0.4 is 5.56 Å². The number of aromatic nitrogens is 2. The second-order valence-corrected chi connectivity index (χ2v) is 6.07. The number of aryl methyl sites for hydroxylation is 1. The zero-order valence-corrected chi connectivity index (χ0v) is 13.1. The van der Waals surface area contributed by atoms with Crippen LogP contribution in [0.3, 0.4) is 0 Å². The van der Waals surface area contributed by atoms with Gasteiger partial charge in [0.2, 0.25) is 0 Å². The lowest BCUT2D eigenvalue weighted by Crippen LogP contribution is -2.36. The van der Waals surface area contributed by atoms with E-state index in [0.29, 0.717) is 18.1 Å². The second kappa shape index (κ2) is 6.20. The molecule has 1 unspecified atom stereocenters. The van der Waals surface area contributed by atoms with Crippen LogP contribution in [-0.2, 0) is 20.0 Å². The minimum absolute atomic E-state index is 0.0983. The molecule has 6 heteroatoms. The maximum absolute atomic E-state index is 11.7. The summed E-state index contributed by atoms with van der Waals surface area (Å²) in [5.74, 6) is 0. The number of aliphatic hydroxyl groups is 1. The van der Waals surface area contributed by atoms with E-state index < -0.39 is 6.10 Å². The number of fused-ring (bicyclic) bond motifs is 1. The molecule has 1 N–H and O–H groups in total. The Morgan fingerprint density at radius 3 is 2.82 bits per heavy atom. The van der Waals surface area contributed by atoms with E-state index in [0.717, 1.165) is 29.8 Å². The second-order valence-electron chi connectivity index (χ2n) is 5.63. The summed E-state index contributed by atoms with van der Waals surface area (Å²) < 4.78 is 1.37. The Morgan fingerprint density at radius 2 is 2.09 bits per heavy atom. The SMILES string of the molecule is Cn1nc2c(cc1=O)CN(CC(O)c1ccc(Cl)cc1)CC2. The van der Waals surface area contributed by atoms with Crippen LogP contribution in [0.1, 0.15) is 22.9 Å². The van der Waals surface area contributed by atoms with Crippen molar-refractivity contribution in [1.82, 2.24) is 14.7 Å². The van der Waals surface area contributed by atoms with Gasteiger partial charge in [0.1, 0.15) is 0 Å². The van der Waals surface area contributed by atoms with Crippen molar-refractivity contribution >= 4 is 11.6 Å². The van der Waals surface area contributed by atoms with E-state index in [4.69, 9.17) is 11.6 Å². The molecule has 116 valence electrons. The predicted molar refractivity (Wildman–Crippen MR) is 84.9 cm³/mol. The zero-order chi connectivity index (χ0) is 15.7. The summed E-state index contributed by atoms with van der Waals surface area (Å²) in [5.41, 5.74) is 2.67. The molecule has 0 saturated carbocycles. The highest BCUT2D eigenvalue weighted by molar-refractivity contribution is 6.30. The van der Waals surface area contributed by atoms with Crippen LogP contribution in [0.5, 0.6) is 0 Å². The average molecular weight is 320 g/mol. The molecule has 0 radical (unpaired) electrons. The number of aliphatic hydroxyl groups excluding tert-OH is 1. The van der Waals surface area contributed by atoms with Crippen LogP contribution in [0.2, 0.25) is 5.02 Å². The van der Waals surface area contributed by atoms with Crippen molar-refractivity contribution in [3.8, 4) is 0 Å². The quantitative estimate of drug-likeness (QED) is 0.932. The Hall–Kier alpha value is -1.69. The van der Waals surface area contributed by atoms with Crippen molar-refractivity contribution in [2.75, 3.05) is 13.1 Å². The monoisotopic (exact) mass is 319 g/mol. The summed E-state index contributed by atoms with van der Waals surface area (Å²) in [7, 11) is 1.67. The van der Waals surface area contributed by atoms with Crippen molar-refractivity contribution in [2.24, 2.45) is 7.05 Å². The Balaban J connectivity index is 1.71. The molecular weight excluding hydrogens is 302 g/mol. The van der Waals surface area contributed by atoms with Gasteiger partial charge in [-0.1, -0.05) is 23.7 Å². The molecule has 1 aromatic heterocycles. The summed E-state index contributed by atoms with van der Waals surface area (Å²) in [6, 6.07) is 8.87. The molecule has 1 aliphatic heterocycles. The van der Waals surface area contributed by atoms with Gasteiger partial charge in [0.05, 0.1) is 11.8 Å². The summed E-state index contributed by atoms with van der Waals surface area (Å²) in [5, 5.41) is 15.3. The van der Waals surface area contributed by atoms with Gasteiger partial charge < -0.3 is 5.11 Å². The maximum atomic E-state index is 11.7. The molecule has 5 nitrogen and oxygen atoms in total. The van der Waals surface area contributed by atoms with E-state index in [1.165, 1.54) is 4.68 Å². The first kappa shape index (κ1) is 15.2. The lowest BCUT2D eigenvalue weighted by molar-refractivity contribution is 0.105. The number of hydrogen-bond donors (Lipinski definition) is 1. The summed E-state index contributed by atoms with van der Waals surface area (Å²) in [6.07, 6.45) is 0.217. The van der Waals surface area contributed by atoms with Gasteiger partial charge in [0.15, 0.2) is 0 Å². The molecule has 3 rings (SSSR count). The Bertz CT molecular complexity index is 727. The highest BCUT2D eigenvalue weighted by Gasteiger charge is 2.21. The van der Waals surface area contributed by atoms with E-state index in [1.807, 2.05) is 12.1 Å². The van der Waals surface area contributed by atoms with Crippen molar-refractivity contribution in [3.05, 3.63) is 62.5 Å². The molecule has 22 heavy (non-hydrogen) atoms. The molecule has 1 atom stereocenters. The van der Waals surface area contributed by atoms with Gasteiger partial charge in [-0.15, -0.1) is 0 Å². The topological polar surface area (TPSA) is 58.4 Å². The van der Waals surface area contributed by atoms with Crippen LogP contribution in [0, 0.1) is 0 Å². The molecule has 0 aliphatic carbocycles. The fourth-order valence-electron chi connectivity index (χ4n) is 2.74. The molecule has 0 spiro atoms. The Kier molecular flexibility index (Phi) is 4.29. The van der Waals surface area contributed by atoms with Gasteiger partial charge in [-0.25, -0.2) is 4.68 Å². The lowest BCUT2D eigenvalue weighted by atomic mass is 10.0.